The number of fused-ring (bicyclic) bond motifs is 1. The molecular weight excluding hydrogens is 198 g/mol. The molecule has 0 radical (unpaired) electrons. The monoisotopic (exact) mass is 219 g/mol. The highest BCUT2D eigenvalue weighted by molar-refractivity contribution is 5.57. The maximum absolute atomic E-state index is 5.95. The van der Waals surface area contributed by atoms with Crippen LogP contribution in [0.5, 0.6) is 5.75 Å². The topological polar surface area (TPSA) is 35.2 Å². The molecule has 0 heterocycles. The summed E-state index contributed by atoms with van der Waals surface area (Å²) in [5.74, 6) is 1.67. The van der Waals surface area contributed by atoms with Crippen molar-refractivity contribution in [3.8, 4) is 5.75 Å². The molecule has 1 aromatic rings. The molecule has 1 aromatic carbocycles. The lowest BCUT2D eigenvalue weighted by Crippen LogP contribution is -2.07. The van der Waals surface area contributed by atoms with Gasteiger partial charge in [0.2, 0.25) is 0 Å². The first-order valence-corrected chi connectivity index (χ1v) is 6.16. The third kappa shape index (κ3) is 2.31. The highest BCUT2D eigenvalue weighted by atomic mass is 16.5. The van der Waals surface area contributed by atoms with Gasteiger partial charge in [0.05, 0.1) is 12.8 Å². The Bertz CT molecular complexity index is 373. The second-order valence-corrected chi connectivity index (χ2v) is 4.90. The van der Waals surface area contributed by atoms with Crippen molar-refractivity contribution in [3.05, 3.63) is 23.3 Å². The van der Waals surface area contributed by atoms with E-state index in [0.29, 0.717) is 0 Å². The van der Waals surface area contributed by atoms with E-state index >= 15 is 0 Å². The smallest absolute Gasteiger partial charge is 0.142 e. The van der Waals surface area contributed by atoms with Gasteiger partial charge in [0.15, 0.2) is 0 Å². The maximum Gasteiger partial charge on any atom is 0.142 e. The molecular formula is C14H21NO. The van der Waals surface area contributed by atoms with E-state index < -0.39 is 0 Å². The molecule has 0 saturated heterocycles. The molecule has 0 spiro atoms. The van der Waals surface area contributed by atoms with Crippen LogP contribution in [0.1, 0.15) is 37.3 Å². The average Bonchev–Trinajstić information content (AvgIpc) is 2.26. The summed E-state index contributed by atoms with van der Waals surface area (Å²) in [7, 11) is 1.68. The quantitative estimate of drug-likeness (QED) is 0.736. The second kappa shape index (κ2) is 4.77. The molecule has 0 aliphatic heterocycles. The molecule has 2 N–H and O–H groups in total. The predicted octanol–water partition coefficient (Wildman–Crippen LogP) is 3.18. The lowest BCUT2D eigenvalue weighted by Gasteiger charge is -2.19. The van der Waals surface area contributed by atoms with Gasteiger partial charge in [-0.1, -0.05) is 13.3 Å². The minimum atomic E-state index is 0.773. The third-order valence-corrected chi connectivity index (χ3v) is 3.60. The molecule has 1 aliphatic rings. The first-order valence-electron chi connectivity index (χ1n) is 6.16. The van der Waals surface area contributed by atoms with Crippen LogP contribution >= 0.6 is 0 Å². The van der Waals surface area contributed by atoms with Crippen LogP contribution in [0.2, 0.25) is 0 Å². The van der Waals surface area contributed by atoms with Gasteiger partial charge in [0.1, 0.15) is 5.75 Å². The van der Waals surface area contributed by atoms with Gasteiger partial charge in [-0.25, -0.2) is 0 Å². The number of anilines is 1. The molecule has 0 saturated carbocycles. The zero-order valence-electron chi connectivity index (χ0n) is 10.3. The van der Waals surface area contributed by atoms with Crippen molar-refractivity contribution in [1.82, 2.24) is 0 Å². The average molecular weight is 219 g/mol. The van der Waals surface area contributed by atoms with E-state index in [0.717, 1.165) is 30.2 Å². The van der Waals surface area contributed by atoms with Crippen molar-refractivity contribution in [1.29, 1.82) is 0 Å². The van der Waals surface area contributed by atoms with E-state index in [1.54, 1.807) is 7.11 Å². The molecule has 0 aromatic heterocycles. The Morgan fingerprint density at radius 3 is 2.69 bits per heavy atom. The van der Waals surface area contributed by atoms with Crippen LogP contribution in [0.4, 0.5) is 5.69 Å². The Morgan fingerprint density at radius 1 is 1.19 bits per heavy atom. The number of aryl methyl sites for hydroxylation is 2. The molecule has 1 unspecified atom stereocenters. The highest BCUT2D eigenvalue weighted by Crippen LogP contribution is 2.30. The molecule has 1 aliphatic carbocycles. The fraction of sp³-hybridized carbons (Fsp3) is 0.571. The van der Waals surface area contributed by atoms with E-state index in [9.17, 15) is 0 Å². The SMILES string of the molecule is COc1cc2c(cc1N)CCC(C)CCC2. The summed E-state index contributed by atoms with van der Waals surface area (Å²) in [6, 6.07) is 4.23. The summed E-state index contributed by atoms with van der Waals surface area (Å²) in [4.78, 5) is 0. The van der Waals surface area contributed by atoms with Crippen molar-refractivity contribution in [2.24, 2.45) is 5.92 Å². The molecule has 0 bridgehead atoms. The first-order chi connectivity index (χ1) is 7.70. The predicted molar refractivity (Wildman–Crippen MR) is 67.8 cm³/mol. The normalized spacial score (nSPS) is 20.8. The largest absolute Gasteiger partial charge is 0.495 e. The minimum absolute atomic E-state index is 0.773. The summed E-state index contributed by atoms with van der Waals surface area (Å²) in [6.07, 6.45) is 6.22. The second-order valence-electron chi connectivity index (χ2n) is 4.90. The molecule has 2 nitrogen and oxygen atoms in total. The number of nitrogen functional groups attached to an aromatic ring is 1. The zero-order valence-corrected chi connectivity index (χ0v) is 10.3. The molecule has 0 fully saturated rings. The maximum atomic E-state index is 5.95. The van der Waals surface area contributed by atoms with Crippen LogP contribution in [0.3, 0.4) is 0 Å². The fourth-order valence-corrected chi connectivity index (χ4v) is 2.52. The molecule has 2 heteroatoms. The van der Waals surface area contributed by atoms with Crippen LogP contribution in [-0.2, 0) is 12.8 Å². The molecule has 16 heavy (non-hydrogen) atoms. The molecule has 2 rings (SSSR count). The van der Waals surface area contributed by atoms with Crippen LogP contribution < -0.4 is 10.5 Å². The fourth-order valence-electron chi connectivity index (χ4n) is 2.52. The van der Waals surface area contributed by atoms with E-state index in [2.05, 4.69) is 19.1 Å². The van der Waals surface area contributed by atoms with Crippen molar-refractivity contribution in [3.63, 3.8) is 0 Å². The van der Waals surface area contributed by atoms with Crippen LogP contribution in [0.15, 0.2) is 12.1 Å². The molecule has 88 valence electrons. The standard InChI is InChI=1S/C14H21NO/c1-10-4-3-5-11-9-14(16-2)13(15)8-12(11)7-6-10/h8-10H,3-7,15H2,1-2H3. The van der Waals surface area contributed by atoms with E-state index in [1.165, 1.54) is 30.4 Å². The Morgan fingerprint density at radius 2 is 1.94 bits per heavy atom. The minimum Gasteiger partial charge on any atom is -0.495 e. The Balaban J connectivity index is 2.31. The van der Waals surface area contributed by atoms with E-state index in [4.69, 9.17) is 10.5 Å². The molecule has 0 amide bonds. The molecule has 1 atom stereocenters. The number of nitrogens with two attached hydrogens (primary N) is 1. The lowest BCUT2D eigenvalue weighted by molar-refractivity contribution is 0.415. The number of methoxy groups -OCH3 is 1. The summed E-state index contributed by atoms with van der Waals surface area (Å²) in [5.41, 5.74) is 9.58. The summed E-state index contributed by atoms with van der Waals surface area (Å²) < 4.78 is 5.28. The van der Waals surface area contributed by atoms with Crippen molar-refractivity contribution >= 4 is 5.69 Å². The number of hydrogen-bond donors (Lipinski definition) is 1. The van der Waals surface area contributed by atoms with Crippen molar-refractivity contribution in [2.75, 3.05) is 12.8 Å². The van der Waals surface area contributed by atoms with Gasteiger partial charge in [-0.2, -0.15) is 0 Å². The van der Waals surface area contributed by atoms with Crippen molar-refractivity contribution < 1.29 is 4.74 Å². The van der Waals surface area contributed by atoms with Gasteiger partial charge in [0, 0.05) is 0 Å². The Labute approximate surface area is 97.8 Å². The summed E-state index contributed by atoms with van der Waals surface area (Å²) in [6.45, 7) is 2.35. The van der Waals surface area contributed by atoms with Crippen molar-refractivity contribution in [2.45, 2.75) is 39.0 Å². The van der Waals surface area contributed by atoms with Crippen LogP contribution in [-0.4, -0.2) is 7.11 Å². The van der Waals surface area contributed by atoms with Gasteiger partial charge in [-0.05, 0) is 54.9 Å². The summed E-state index contributed by atoms with van der Waals surface area (Å²) >= 11 is 0. The van der Waals surface area contributed by atoms with Gasteiger partial charge in [-0.15, -0.1) is 0 Å². The highest BCUT2D eigenvalue weighted by Gasteiger charge is 2.13. The van der Waals surface area contributed by atoms with Gasteiger partial charge < -0.3 is 10.5 Å². The van der Waals surface area contributed by atoms with Crippen LogP contribution in [0.25, 0.3) is 0 Å². The lowest BCUT2D eigenvalue weighted by atomic mass is 9.88. The number of hydrogen-bond acceptors (Lipinski definition) is 2. The van der Waals surface area contributed by atoms with E-state index in [-0.39, 0.29) is 0 Å². The Kier molecular flexibility index (Phi) is 3.37. The number of ether oxygens (including phenoxy) is 1. The zero-order chi connectivity index (χ0) is 11.5. The van der Waals surface area contributed by atoms with Gasteiger partial charge >= 0.3 is 0 Å². The van der Waals surface area contributed by atoms with Gasteiger partial charge in [0.25, 0.3) is 0 Å². The van der Waals surface area contributed by atoms with E-state index in [1.807, 2.05) is 0 Å². The third-order valence-electron chi connectivity index (χ3n) is 3.60. The van der Waals surface area contributed by atoms with Crippen LogP contribution in [0, 0.1) is 5.92 Å². The van der Waals surface area contributed by atoms with Gasteiger partial charge in [-0.3, -0.25) is 0 Å². The number of benzene rings is 1. The first kappa shape index (κ1) is 11.3. The summed E-state index contributed by atoms with van der Waals surface area (Å²) in [5, 5.41) is 0. The Hall–Kier alpha value is -1.18. The number of rotatable bonds is 1.